The Morgan fingerprint density at radius 3 is 2.95 bits per heavy atom. The number of benzene rings is 1. The molecule has 0 saturated carbocycles. The fourth-order valence-corrected chi connectivity index (χ4v) is 2.20. The molecule has 2 heterocycles. The molecule has 0 radical (unpaired) electrons. The van der Waals surface area contributed by atoms with Gasteiger partial charge in [0.15, 0.2) is 0 Å². The summed E-state index contributed by atoms with van der Waals surface area (Å²) in [5.41, 5.74) is 2.42. The van der Waals surface area contributed by atoms with E-state index in [4.69, 9.17) is 4.74 Å². The van der Waals surface area contributed by atoms with Gasteiger partial charge in [-0.15, -0.1) is 0 Å². The molecule has 0 unspecified atom stereocenters. The first-order valence-electron chi connectivity index (χ1n) is 6.89. The van der Waals surface area contributed by atoms with Crippen LogP contribution in [0.1, 0.15) is 6.92 Å². The summed E-state index contributed by atoms with van der Waals surface area (Å²) in [6.07, 6.45) is 1.70. The number of hydrogen-bond acceptors (Lipinski definition) is 4. The van der Waals surface area contributed by atoms with Crippen LogP contribution in [0.5, 0.6) is 0 Å². The van der Waals surface area contributed by atoms with Crippen molar-refractivity contribution in [2.45, 2.75) is 12.5 Å². The number of hydrogen-bond donors (Lipinski definition) is 3. The highest BCUT2D eigenvalue weighted by Gasteiger charge is 2.32. The van der Waals surface area contributed by atoms with Crippen LogP contribution in [0.15, 0.2) is 36.5 Å². The van der Waals surface area contributed by atoms with Gasteiger partial charge in [-0.05, 0) is 25.1 Å². The molecule has 0 aliphatic carbocycles. The zero-order valence-electron chi connectivity index (χ0n) is 11.8. The lowest BCUT2D eigenvalue weighted by molar-refractivity contribution is -0.130. The first-order valence-corrected chi connectivity index (χ1v) is 6.89. The Bertz CT molecular complexity index is 620. The van der Waals surface area contributed by atoms with E-state index in [-0.39, 0.29) is 18.1 Å². The second kappa shape index (κ2) is 5.67. The van der Waals surface area contributed by atoms with Crippen molar-refractivity contribution in [1.82, 2.24) is 15.5 Å². The SMILES string of the molecule is CC1(OCC(=O)Nc2cccc(-c3ccn[nH]3)c2)CNC1. The van der Waals surface area contributed by atoms with E-state index < -0.39 is 0 Å². The van der Waals surface area contributed by atoms with Gasteiger partial charge in [-0.3, -0.25) is 9.89 Å². The molecule has 1 aliphatic heterocycles. The highest BCUT2D eigenvalue weighted by molar-refractivity contribution is 5.92. The Kier molecular flexibility index (Phi) is 3.72. The predicted octanol–water partition coefficient (Wildman–Crippen LogP) is 1.39. The van der Waals surface area contributed by atoms with Crippen molar-refractivity contribution in [3.63, 3.8) is 0 Å². The topological polar surface area (TPSA) is 79.0 Å². The van der Waals surface area contributed by atoms with E-state index in [9.17, 15) is 4.79 Å². The van der Waals surface area contributed by atoms with Gasteiger partial charge in [-0.25, -0.2) is 0 Å². The Morgan fingerprint density at radius 1 is 1.43 bits per heavy atom. The third kappa shape index (κ3) is 3.29. The van der Waals surface area contributed by atoms with Gasteiger partial charge in [0.2, 0.25) is 5.91 Å². The number of carbonyl (C=O) groups excluding carboxylic acids is 1. The molecule has 1 aliphatic rings. The number of nitrogens with one attached hydrogen (secondary N) is 3. The zero-order valence-corrected chi connectivity index (χ0v) is 11.8. The highest BCUT2D eigenvalue weighted by Crippen LogP contribution is 2.20. The van der Waals surface area contributed by atoms with Crippen LogP contribution in [0, 0.1) is 0 Å². The maximum atomic E-state index is 11.9. The maximum Gasteiger partial charge on any atom is 0.250 e. The summed E-state index contributed by atoms with van der Waals surface area (Å²) >= 11 is 0. The summed E-state index contributed by atoms with van der Waals surface area (Å²) in [6.45, 7) is 3.63. The average molecular weight is 286 g/mol. The smallest absolute Gasteiger partial charge is 0.250 e. The van der Waals surface area contributed by atoms with Gasteiger partial charge in [-0.1, -0.05) is 12.1 Å². The normalized spacial score (nSPS) is 16.2. The van der Waals surface area contributed by atoms with E-state index in [1.807, 2.05) is 37.3 Å². The number of H-pyrrole nitrogens is 1. The Balaban J connectivity index is 1.59. The first-order chi connectivity index (χ1) is 10.1. The van der Waals surface area contributed by atoms with Crippen LogP contribution in [0.25, 0.3) is 11.3 Å². The largest absolute Gasteiger partial charge is 0.363 e. The molecule has 3 N–H and O–H groups in total. The molecule has 2 aromatic rings. The van der Waals surface area contributed by atoms with Crippen LogP contribution in [0.3, 0.4) is 0 Å². The minimum atomic E-state index is -0.213. The third-order valence-corrected chi connectivity index (χ3v) is 3.51. The van der Waals surface area contributed by atoms with Crippen LogP contribution in [0.2, 0.25) is 0 Å². The predicted molar refractivity (Wildman–Crippen MR) is 79.9 cm³/mol. The molecule has 21 heavy (non-hydrogen) atoms. The molecule has 1 aromatic carbocycles. The number of rotatable bonds is 5. The van der Waals surface area contributed by atoms with Gasteiger partial charge < -0.3 is 15.4 Å². The van der Waals surface area contributed by atoms with Gasteiger partial charge in [0.05, 0.1) is 11.3 Å². The number of ether oxygens (including phenoxy) is 1. The standard InChI is InChI=1S/C15H18N4O2/c1-15(9-16-10-15)21-8-14(20)18-12-4-2-3-11(7-12)13-5-6-17-19-13/h2-7,16H,8-10H2,1H3,(H,17,19)(H,18,20). The second-order valence-electron chi connectivity index (χ2n) is 5.44. The summed E-state index contributed by atoms with van der Waals surface area (Å²) in [4.78, 5) is 11.9. The van der Waals surface area contributed by atoms with Crippen LogP contribution in [-0.2, 0) is 9.53 Å². The lowest BCUT2D eigenvalue weighted by Crippen LogP contribution is -2.59. The van der Waals surface area contributed by atoms with Gasteiger partial charge in [-0.2, -0.15) is 5.10 Å². The van der Waals surface area contributed by atoms with E-state index in [1.54, 1.807) is 6.20 Å². The van der Waals surface area contributed by atoms with Gasteiger partial charge in [0, 0.05) is 30.5 Å². The van der Waals surface area contributed by atoms with Crippen LogP contribution in [0.4, 0.5) is 5.69 Å². The van der Waals surface area contributed by atoms with E-state index in [2.05, 4.69) is 20.8 Å². The highest BCUT2D eigenvalue weighted by atomic mass is 16.5. The minimum absolute atomic E-state index is 0.0620. The fourth-order valence-electron chi connectivity index (χ4n) is 2.20. The van der Waals surface area contributed by atoms with Crippen molar-refractivity contribution >= 4 is 11.6 Å². The average Bonchev–Trinajstić information content (AvgIpc) is 2.97. The number of carbonyl (C=O) groups is 1. The molecule has 110 valence electrons. The van der Waals surface area contributed by atoms with Crippen LogP contribution < -0.4 is 10.6 Å². The molecule has 3 rings (SSSR count). The molecule has 6 nitrogen and oxygen atoms in total. The lowest BCUT2D eigenvalue weighted by atomic mass is 10.0. The number of aromatic amines is 1. The Hall–Kier alpha value is -2.18. The lowest BCUT2D eigenvalue weighted by Gasteiger charge is -2.38. The van der Waals surface area contributed by atoms with Crippen molar-refractivity contribution in [3.05, 3.63) is 36.5 Å². The summed E-state index contributed by atoms with van der Waals surface area (Å²) in [6, 6.07) is 9.49. The molecule has 1 amide bonds. The Labute approximate surface area is 122 Å². The van der Waals surface area contributed by atoms with E-state index in [0.717, 1.165) is 30.0 Å². The summed E-state index contributed by atoms with van der Waals surface area (Å²) in [5.74, 6) is -0.148. The van der Waals surface area contributed by atoms with Crippen LogP contribution >= 0.6 is 0 Å². The third-order valence-electron chi connectivity index (χ3n) is 3.51. The summed E-state index contributed by atoms with van der Waals surface area (Å²) in [7, 11) is 0. The van der Waals surface area contributed by atoms with Crippen molar-refractivity contribution in [3.8, 4) is 11.3 Å². The molecule has 0 bridgehead atoms. The van der Waals surface area contributed by atoms with Crippen molar-refractivity contribution in [1.29, 1.82) is 0 Å². The van der Waals surface area contributed by atoms with Crippen LogP contribution in [-0.4, -0.2) is 41.4 Å². The number of aromatic nitrogens is 2. The molecule has 1 fully saturated rings. The van der Waals surface area contributed by atoms with Crippen molar-refractivity contribution in [2.24, 2.45) is 0 Å². The summed E-state index contributed by atoms with van der Waals surface area (Å²) < 4.78 is 5.61. The van der Waals surface area contributed by atoms with Crippen molar-refractivity contribution in [2.75, 3.05) is 25.0 Å². The summed E-state index contributed by atoms with van der Waals surface area (Å²) in [5, 5.41) is 12.8. The molecule has 1 saturated heterocycles. The van der Waals surface area contributed by atoms with Gasteiger partial charge in [0.1, 0.15) is 6.61 Å². The number of anilines is 1. The molecule has 0 atom stereocenters. The van der Waals surface area contributed by atoms with Gasteiger partial charge in [0.25, 0.3) is 0 Å². The molecule has 1 aromatic heterocycles. The number of amides is 1. The maximum absolute atomic E-state index is 11.9. The van der Waals surface area contributed by atoms with E-state index in [0.29, 0.717) is 0 Å². The van der Waals surface area contributed by atoms with Gasteiger partial charge >= 0.3 is 0 Å². The van der Waals surface area contributed by atoms with E-state index in [1.165, 1.54) is 0 Å². The minimum Gasteiger partial charge on any atom is -0.363 e. The second-order valence-corrected chi connectivity index (χ2v) is 5.44. The molecular weight excluding hydrogens is 268 g/mol. The fraction of sp³-hybridized carbons (Fsp3) is 0.333. The van der Waals surface area contributed by atoms with E-state index >= 15 is 0 Å². The zero-order chi connectivity index (χ0) is 14.7. The Morgan fingerprint density at radius 2 is 2.29 bits per heavy atom. The van der Waals surface area contributed by atoms with Crippen molar-refractivity contribution < 1.29 is 9.53 Å². The first kappa shape index (κ1) is 13.8. The molecule has 0 spiro atoms. The molecule has 6 heteroatoms. The monoisotopic (exact) mass is 286 g/mol. The molecular formula is C15H18N4O2. The number of nitrogens with zero attached hydrogens (tertiary/aromatic N) is 1. The quantitative estimate of drug-likeness (QED) is 0.776.